The first kappa shape index (κ1) is 10.8. The van der Waals surface area contributed by atoms with E-state index in [-0.39, 0.29) is 30.8 Å². The molecule has 1 fully saturated rings. The highest BCUT2D eigenvalue weighted by atomic mass is 16.4. The van der Waals surface area contributed by atoms with Crippen LogP contribution in [0.25, 0.3) is 0 Å². The van der Waals surface area contributed by atoms with Gasteiger partial charge in [0.25, 0.3) is 0 Å². The zero-order valence-electron chi connectivity index (χ0n) is 7.89. The average molecular weight is 201 g/mol. The van der Waals surface area contributed by atoms with E-state index >= 15 is 0 Å². The number of hydrogen-bond acceptors (Lipinski definition) is 4. The van der Waals surface area contributed by atoms with E-state index in [1.165, 1.54) is 0 Å². The summed E-state index contributed by atoms with van der Waals surface area (Å²) in [5, 5.41) is 20.0. The van der Waals surface area contributed by atoms with E-state index in [2.05, 4.69) is 5.16 Å². The summed E-state index contributed by atoms with van der Waals surface area (Å²) < 4.78 is 0. The molecular formula is C8H15N3O3. The minimum atomic E-state index is -0.197. The van der Waals surface area contributed by atoms with E-state index in [1.807, 2.05) is 0 Å². The molecule has 1 aliphatic heterocycles. The molecule has 6 heteroatoms. The maximum absolute atomic E-state index is 11.5. The number of carbonyl (C=O) groups is 1. The lowest BCUT2D eigenvalue weighted by Gasteiger charge is -2.22. The number of likely N-dealkylation sites (tertiary alicyclic amines) is 1. The summed E-state index contributed by atoms with van der Waals surface area (Å²) in [6.07, 6.45) is 1.62. The van der Waals surface area contributed by atoms with Crippen LogP contribution in [-0.2, 0) is 4.79 Å². The van der Waals surface area contributed by atoms with Crippen molar-refractivity contribution in [3.63, 3.8) is 0 Å². The molecule has 6 nitrogen and oxygen atoms in total. The number of aliphatic hydroxyl groups is 1. The van der Waals surface area contributed by atoms with Crippen molar-refractivity contribution in [2.24, 2.45) is 10.9 Å². The predicted octanol–water partition coefficient (Wildman–Crippen LogP) is -0.894. The number of carbonyl (C=O) groups excluding carboxylic acids is 1. The molecular weight excluding hydrogens is 186 g/mol. The van der Waals surface area contributed by atoms with Gasteiger partial charge in [-0.25, -0.2) is 0 Å². The number of rotatable bonds is 3. The number of nitrogens with zero attached hydrogens (tertiary/aromatic N) is 2. The zero-order chi connectivity index (χ0) is 10.6. The van der Waals surface area contributed by atoms with Gasteiger partial charge in [-0.15, -0.1) is 0 Å². The van der Waals surface area contributed by atoms with Crippen LogP contribution >= 0.6 is 0 Å². The van der Waals surface area contributed by atoms with Gasteiger partial charge in [0.1, 0.15) is 5.84 Å². The van der Waals surface area contributed by atoms with Gasteiger partial charge < -0.3 is 20.9 Å². The van der Waals surface area contributed by atoms with E-state index in [9.17, 15) is 4.79 Å². The molecule has 1 amide bonds. The van der Waals surface area contributed by atoms with Crippen molar-refractivity contribution in [1.82, 2.24) is 4.90 Å². The molecule has 1 saturated heterocycles. The van der Waals surface area contributed by atoms with Crippen molar-refractivity contribution < 1.29 is 15.1 Å². The Morgan fingerprint density at radius 3 is 2.93 bits per heavy atom. The zero-order valence-corrected chi connectivity index (χ0v) is 7.89. The van der Waals surface area contributed by atoms with Crippen LogP contribution in [0.1, 0.15) is 19.3 Å². The molecule has 4 N–H and O–H groups in total. The largest absolute Gasteiger partial charge is 0.409 e. The molecule has 1 rings (SSSR count). The SMILES string of the molecule is NC(CC(=O)N1CCCC1CO)=NO. The molecule has 0 spiro atoms. The van der Waals surface area contributed by atoms with Gasteiger partial charge in [0.2, 0.25) is 5.91 Å². The van der Waals surface area contributed by atoms with Gasteiger partial charge in [0, 0.05) is 6.54 Å². The lowest BCUT2D eigenvalue weighted by Crippen LogP contribution is -2.39. The van der Waals surface area contributed by atoms with Crippen LogP contribution in [0.15, 0.2) is 5.16 Å². The first-order valence-corrected chi connectivity index (χ1v) is 4.55. The van der Waals surface area contributed by atoms with E-state index in [0.717, 1.165) is 12.8 Å². The molecule has 1 atom stereocenters. The summed E-state index contributed by atoms with van der Waals surface area (Å²) >= 11 is 0. The molecule has 0 aliphatic carbocycles. The van der Waals surface area contributed by atoms with Crippen LogP contribution in [0.5, 0.6) is 0 Å². The second-order valence-electron chi connectivity index (χ2n) is 3.33. The third kappa shape index (κ3) is 2.35. The Balaban J connectivity index is 2.51. The summed E-state index contributed by atoms with van der Waals surface area (Å²) in [7, 11) is 0. The van der Waals surface area contributed by atoms with E-state index in [0.29, 0.717) is 6.54 Å². The second-order valence-corrected chi connectivity index (χ2v) is 3.33. The third-order valence-corrected chi connectivity index (χ3v) is 2.37. The Hall–Kier alpha value is -1.30. The highest BCUT2D eigenvalue weighted by molar-refractivity contribution is 5.98. The molecule has 0 saturated carbocycles. The lowest BCUT2D eigenvalue weighted by atomic mass is 10.2. The van der Waals surface area contributed by atoms with Gasteiger partial charge in [0.15, 0.2) is 0 Å². The Labute approximate surface area is 82.0 Å². The molecule has 1 aliphatic rings. The molecule has 0 bridgehead atoms. The highest BCUT2D eigenvalue weighted by Gasteiger charge is 2.28. The molecule has 0 aromatic rings. The summed E-state index contributed by atoms with van der Waals surface area (Å²) in [6, 6.07) is -0.103. The van der Waals surface area contributed by atoms with Crippen molar-refractivity contribution >= 4 is 11.7 Å². The standard InChI is InChI=1S/C8H15N3O3/c9-7(10-14)4-8(13)11-3-1-2-6(11)5-12/h6,12,14H,1-5H2,(H2,9,10). The van der Waals surface area contributed by atoms with Gasteiger partial charge >= 0.3 is 0 Å². The number of hydrogen-bond donors (Lipinski definition) is 3. The van der Waals surface area contributed by atoms with E-state index in [4.69, 9.17) is 16.0 Å². The summed E-state index contributed by atoms with van der Waals surface area (Å²) in [4.78, 5) is 13.1. The number of nitrogens with two attached hydrogens (primary N) is 1. The molecule has 0 aromatic carbocycles. The first-order valence-electron chi connectivity index (χ1n) is 4.55. The fourth-order valence-corrected chi connectivity index (χ4v) is 1.65. The van der Waals surface area contributed by atoms with Crippen LogP contribution in [0.2, 0.25) is 0 Å². The monoisotopic (exact) mass is 201 g/mol. The van der Waals surface area contributed by atoms with Gasteiger partial charge in [-0.3, -0.25) is 4.79 Å². The fourth-order valence-electron chi connectivity index (χ4n) is 1.65. The third-order valence-electron chi connectivity index (χ3n) is 2.37. The van der Waals surface area contributed by atoms with Gasteiger partial charge in [0.05, 0.1) is 19.1 Å². The number of aliphatic hydroxyl groups excluding tert-OH is 1. The van der Waals surface area contributed by atoms with Crippen LogP contribution in [0.4, 0.5) is 0 Å². The van der Waals surface area contributed by atoms with Crippen LogP contribution < -0.4 is 5.73 Å². The maximum atomic E-state index is 11.5. The topological polar surface area (TPSA) is 99.2 Å². The lowest BCUT2D eigenvalue weighted by molar-refractivity contribution is -0.131. The molecule has 0 aromatic heterocycles. The summed E-state index contributed by atoms with van der Waals surface area (Å²) in [5.74, 6) is -0.296. The van der Waals surface area contributed by atoms with Crippen molar-refractivity contribution in [3.8, 4) is 0 Å². The molecule has 1 heterocycles. The molecule has 80 valence electrons. The minimum absolute atomic E-state index is 0.0259. The minimum Gasteiger partial charge on any atom is -0.409 e. The van der Waals surface area contributed by atoms with Gasteiger partial charge in [-0.05, 0) is 12.8 Å². The van der Waals surface area contributed by atoms with Gasteiger partial charge in [-0.2, -0.15) is 0 Å². The molecule has 0 radical (unpaired) electrons. The normalized spacial score (nSPS) is 22.8. The van der Waals surface area contributed by atoms with Crippen molar-refractivity contribution in [2.45, 2.75) is 25.3 Å². The van der Waals surface area contributed by atoms with Crippen molar-refractivity contribution in [1.29, 1.82) is 0 Å². The van der Waals surface area contributed by atoms with Crippen LogP contribution in [-0.4, -0.2) is 46.1 Å². The maximum Gasteiger partial charge on any atom is 0.230 e. The second kappa shape index (κ2) is 4.80. The number of oxime groups is 1. The van der Waals surface area contributed by atoms with Crippen molar-refractivity contribution in [2.75, 3.05) is 13.2 Å². The molecule has 14 heavy (non-hydrogen) atoms. The van der Waals surface area contributed by atoms with Crippen molar-refractivity contribution in [3.05, 3.63) is 0 Å². The smallest absolute Gasteiger partial charge is 0.230 e. The van der Waals surface area contributed by atoms with Crippen LogP contribution in [0, 0.1) is 0 Å². The fraction of sp³-hybridized carbons (Fsp3) is 0.750. The highest BCUT2D eigenvalue weighted by Crippen LogP contribution is 2.17. The number of amides is 1. The van der Waals surface area contributed by atoms with Crippen LogP contribution in [0.3, 0.4) is 0 Å². The quantitative estimate of drug-likeness (QED) is 0.238. The average Bonchev–Trinajstić information content (AvgIpc) is 2.65. The van der Waals surface area contributed by atoms with E-state index in [1.54, 1.807) is 4.90 Å². The Kier molecular flexibility index (Phi) is 3.70. The Morgan fingerprint density at radius 1 is 1.64 bits per heavy atom. The van der Waals surface area contributed by atoms with E-state index < -0.39 is 0 Å². The predicted molar refractivity (Wildman–Crippen MR) is 49.8 cm³/mol. The first-order chi connectivity index (χ1) is 6.69. The summed E-state index contributed by atoms with van der Waals surface area (Å²) in [5.41, 5.74) is 5.22. The Bertz CT molecular complexity index is 242. The molecule has 1 unspecified atom stereocenters. The summed E-state index contributed by atoms with van der Waals surface area (Å²) in [6.45, 7) is 0.616. The number of amidine groups is 1. The van der Waals surface area contributed by atoms with Gasteiger partial charge in [-0.1, -0.05) is 5.16 Å². The Morgan fingerprint density at radius 2 is 2.36 bits per heavy atom.